The highest BCUT2D eigenvalue weighted by Gasteiger charge is 2.52. The minimum Gasteiger partial charge on any atom is -0.465 e. The highest BCUT2D eigenvalue weighted by atomic mass is 35.5. The van der Waals surface area contributed by atoms with E-state index < -0.39 is 41.1 Å². The number of H-pyrrole nitrogens is 2. The van der Waals surface area contributed by atoms with Gasteiger partial charge in [0.05, 0.1) is 44.4 Å². The maximum absolute atomic E-state index is 15.1. The fourth-order valence-electron chi connectivity index (χ4n) is 9.11. The van der Waals surface area contributed by atoms with Crippen LogP contribution in [-0.2, 0) is 32.2 Å². The third-order valence-corrected chi connectivity index (χ3v) is 13.1. The van der Waals surface area contributed by atoms with E-state index in [1.807, 2.05) is 30.3 Å². The molecule has 0 saturated carbocycles. The first-order chi connectivity index (χ1) is 34.4. The van der Waals surface area contributed by atoms with Gasteiger partial charge in [0.2, 0.25) is 11.9 Å². The molecule has 8 aromatic rings. The maximum Gasteiger partial charge on any atom is 0.414 e. The van der Waals surface area contributed by atoms with Crippen molar-refractivity contribution in [3.05, 3.63) is 182 Å². The van der Waals surface area contributed by atoms with Gasteiger partial charge in [-0.25, -0.2) is 23.9 Å². The molecule has 0 spiro atoms. The number of anilines is 3. The van der Waals surface area contributed by atoms with E-state index in [9.17, 15) is 29.4 Å². The molecule has 3 aliphatic heterocycles. The highest BCUT2D eigenvalue weighted by Crippen LogP contribution is 2.48. The Bertz CT molecular complexity index is 3480. The SMILES string of the molecule is CC1(C)OC[C@@H](COC(=O)Nc2nc3ccc(C4(O)c5ccccc5C(=O)N4Cc4ccccc4)cc3[nH]2)O1.O=C(O)Nc1nc2ccc(C3(O)c4ccccc4C(=O)N3c3ccc(Cl)c(Cl)c3F)cc2[nH]1. The number of amides is 4. The Morgan fingerprint density at radius 1 is 0.778 bits per heavy atom. The monoisotopic (exact) mass is 1010 g/mol. The van der Waals surface area contributed by atoms with E-state index in [1.165, 1.54) is 35.2 Å². The number of benzene rings is 6. The van der Waals surface area contributed by atoms with Crippen LogP contribution in [0.15, 0.2) is 127 Å². The first kappa shape index (κ1) is 47.8. The Balaban J connectivity index is 0.000000168. The molecule has 11 rings (SSSR count). The summed E-state index contributed by atoms with van der Waals surface area (Å²) in [5, 5.41) is 37.4. The molecule has 18 nitrogen and oxygen atoms in total. The summed E-state index contributed by atoms with van der Waals surface area (Å²) in [6.07, 6.45) is -2.34. The number of aromatic amines is 2. The van der Waals surface area contributed by atoms with Gasteiger partial charge in [0.1, 0.15) is 12.7 Å². The van der Waals surface area contributed by atoms with Crippen LogP contribution in [0.2, 0.25) is 10.0 Å². The Kier molecular flexibility index (Phi) is 12.2. The fraction of sp³-hybridized carbons (Fsp3) is 0.176. The lowest BCUT2D eigenvalue weighted by molar-refractivity contribution is -0.142. The molecule has 6 aromatic carbocycles. The first-order valence-electron chi connectivity index (χ1n) is 22.2. The lowest BCUT2D eigenvalue weighted by Crippen LogP contribution is -2.45. The molecule has 0 aliphatic carbocycles. The molecule has 2 aromatic heterocycles. The van der Waals surface area contributed by atoms with Gasteiger partial charge >= 0.3 is 12.2 Å². The summed E-state index contributed by atoms with van der Waals surface area (Å²) in [6.45, 7) is 4.19. The number of carbonyl (C=O) groups excluding carboxylic acids is 3. The largest absolute Gasteiger partial charge is 0.465 e. The molecule has 3 aliphatic rings. The summed E-state index contributed by atoms with van der Waals surface area (Å²) < 4.78 is 31.5. The molecule has 72 heavy (non-hydrogen) atoms. The van der Waals surface area contributed by atoms with E-state index in [4.69, 9.17) is 42.5 Å². The molecule has 4 amide bonds. The van der Waals surface area contributed by atoms with Gasteiger partial charge in [0.15, 0.2) is 23.1 Å². The zero-order valence-electron chi connectivity index (χ0n) is 37.9. The van der Waals surface area contributed by atoms with Crippen molar-refractivity contribution in [3.8, 4) is 0 Å². The van der Waals surface area contributed by atoms with Crippen LogP contribution in [0, 0.1) is 5.82 Å². The van der Waals surface area contributed by atoms with Crippen LogP contribution in [-0.4, -0.2) is 89.3 Å². The summed E-state index contributed by atoms with van der Waals surface area (Å²) in [6, 6.07) is 35.3. The predicted octanol–water partition coefficient (Wildman–Crippen LogP) is 9.06. The van der Waals surface area contributed by atoms with E-state index in [0.29, 0.717) is 45.4 Å². The van der Waals surface area contributed by atoms with Gasteiger partial charge < -0.3 is 39.5 Å². The van der Waals surface area contributed by atoms with E-state index in [0.717, 1.165) is 10.5 Å². The lowest BCUT2D eigenvalue weighted by atomic mass is 9.93. The summed E-state index contributed by atoms with van der Waals surface area (Å²) in [5.74, 6) is -2.38. The van der Waals surface area contributed by atoms with Crippen molar-refractivity contribution in [2.24, 2.45) is 0 Å². The van der Waals surface area contributed by atoms with Gasteiger partial charge in [0, 0.05) is 39.9 Å². The van der Waals surface area contributed by atoms with Crippen LogP contribution >= 0.6 is 23.2 Å². The minimum absolute atomic E-state index is 0.0167. The molecular formula is C51H41Cl2FN8O10. The van der Waals surface area contributed by atoms with Crippen molar-refractivity contribution >= 4 is 86.9 Å². The molecule has 366 valence electrons. The van der Waals surface area contributed by atoms with Crippen molar-refractivity contribution in [2.75, 3.05) is 28.7 Å². The third kappa shape index (κ3) is 8.50. The number of aromatic nitrogens is 4. The van der Waals surface area contributed by atoms with E-state index in [2.05, 4.69) is 30.6 Å². The van der Waals surface area contributed by atoms with E-state index in [-0.39, 0.29) is 69.5 Å². The molecule has 2 unspecified atom stereocenters. The number of carbonyl (C=O) groups is 4. The fourth-order valence-corrected chi connectivity index (χ4v) is 9.42. The molecule has 3 atom stereocenters. The number of ether oxygens (including phenoxy) is 3. The van der Waals surface area contributed by atoms with Crippen molar-refractivity contribution in [1.29, 1.82) is 0 Å². The molecule has 0 bridgehead atoms. The number of nitrogens with one attached hydrogen (secondary N) is 4. The molecule has 5 heterocycles. The number of imidazole rings is 2. The van der Waals surface area contributed by atoms with Crippen LogP contribution < -0.4 is 15.5 Å². The second-order valence-electron chi connectivity index (χ2n) is 17.4. The molecule has 21 heteroatoms. The predicted molar refractivity (Wildman–Crippen MR) is 262 cm³/mol. The molecule has 7 N–H and O–H groups in total. The minimum atomic E-state index is -2.11. The zero-order chi connectivity index (χ0) is 50.7. The number of carboxylic acid groups (broad SMARTS) is 1. The standard InChI is InChI=1S/C29H28N4O6.C22H13Cl2FN4O4/c1-28(2)38-17-20(39-28)16-37-27(35)32-26-30-23-13-12-19(14-24(23)31-26)29(36)22-11-7-6-10-21(22)25(34)33(29)15-18-8-4-3-5-9-18;23-13-6-8-16(18(25)17(13)24)29-19(30)11-3-1-2-4-12(11)22(29,33)10-5-7-14-15(9-10)27-20(26-14)28-21(31)32/h3-14,20,36H,15-17H2,1-2H3,(H2,30,31,32,35);1-9,33H,(H,31,32)(H2,26,27,28)/t20-,29?;/m1./s1. The van der Waals surface area contributed by atoms with Gasteiger partial charge in [-0.3, -0.25) is 30.0 Å². The number of fused-ring (bicyclic) bond motifs is 4. The molecule has 1 fully saturated rings. The van der Waals surface area contributed by atoms with Crippen LogP contribution in [0.25, 0.3) is 22.1 Å². The number of halogens is 3. The number of rotatable bonds is 9. The Morgan fingerprint density at radius 2 is 1.35 bits per heavy atom. The maximum atomic E-state index is 15.1. The van der Waals surface area contributed by atoms with Crippen LogP contribution in [0.3, 0.4) is 0 Å². The Labute approximate surface area is 417 Å². The van der Waals surface area contributed by atoms with Gasteiger partial charge in [0.25, 0.3) is 11.8 Å². The van der Waals surface area contributed by atoms with Crippen molar-refractivity contribution in [2.45, 2.75) is 43.7 Å². The van der Waals surface area contributed by atoms with Crippen LogP contribution in [0.4, 0.5) is 31.6 Å². The van der Waals surface area contributed by atoms with Gasteiger partial charge in [-0.05, 0) is 67.9 Å². The van der Waals surface area contributed by atoms with Crippen molar-refractivity contribution < 1.29 is 53.1 Å². The van der Waals surface area contributed by atoms with Crippen molar-refractivity contribution in [1.82, 2.24) is 24.8 Å². The van der Waals surface area contributed by atoms with Crippen LogP contribution in [0.5, 0.6) is 0 Å². The second kappa shape index (κ2) is 18.4. The number of nitrogens with zero attached hydrogens (tertiary/aromatic N) is 4. The Morgan fingerprint density at radius 3 is 1.96 bits per heavy atom. The van der Waals surface area contributed by atoms with E-state index in [1.54, 1.807) is 80.6 Å². The summed E-state index contributed by atoms with van der Waals surface area (Å²) in [4.78, 5) is 66.8. The zero-order valence-corrected chi connectivity index (χ0v) is 39.5. The second-order valence-corrected chi connectivity index (χ2v) is 18.2. The summed E-state index contributed by atoms with van der Waals surface area (Å²) in [5.41, 5.74) is 0.845. The average molecular weight is 1020 g/mol. The van der Waals surface area contributed by atoms with Crippen molar-refractivity contribution in [3.63, 3.8) is 0 Å². The van der Waals surface area contributed by atoms with Gasteiger partial charge in [-0.15, -0.1) is 0 Å². The number of aliphatic hydroxyl groups is 2. The Hall–Kier alpha value is -7.91. The smallest absolute Gasteiger partial charge is 0.414 e. The molecular weight excluding hydrogens is 975 g/mol. The van der Waals surface area contributed by atoms with Gasteiger partial charge in [-0.2, -0.15) is 0 Å². The molecule has 0 radical (unpaired) electrons. The number of hydrogen-bond acceptors (Lipinski definition) is 11. The quantitative estimate of drug-likeness (QED) is 0.0670. The summed E-state index contributed by atoms with van der Waals surface area (Å²) >= 11 is 11.9. The average Bonchev–Trinajstić information content (AvgIpc) is 4.16. The first-order valence-corrected chi connectivity index (χ1v) is 22.9. The third-order valence-electron chi connectivity index (χ3n) is 12.4. The molecule has 1 saturated heterocycles. The topological polar surface area (TPSA) is 245 Å². The normalized spacial score (nSPS) is 19.8. The summed E-state index contributed by atoms with van der Waals surface area (Å²) in [7, 11) is 0. The number of hydrogen-bond donors (Lipinski definition) is 7. The van der Waals surface area contributed by atoms with Gasteiger partial charge in [-0.1, -0.05) is 102 Å². The van der Waals surface area contributed by atoms with Crippen LogP contribution in [0.1, 0.15) is 62.4 Å². The lowest BCUT2D eigenvalue weighted by Gasteiger charge is -2.35. The highest BCUT2D eigenvalue weighted by molar-refractivity contribution is 6.42. The van der Waals surface area contributed by atoms with E-state index >= 15 is 4.39 Å².